The van der Waals surface area contributed by atoms with Crippen molar-refractivity contribution in [1.29, 1.82) is 0 Å². The molecule has 2 aromatic rings. The molecular formula is C23H23NO3. The van der Waals surface area contributed by atoms with Crippen molar-refractivity contribution in [2.24, 2.45) is 0 Å². The molecule has 0 saturated carbocycles. The Morgan fingerprint density at radius 3 is 2.67 bits per heavy atom. The van der Waals surface area contributed by atoms with Gasteiger partial charge in [-0.1, -0.05) is 18.1 Å². The van der Waals surface area contributed by atoms with Crippen LogP contribution in [0.1, 0.15) is 44.9 Å². The third kappa shape index (κ3) is 2.62. The SMILES string of the molecule is CC#CC1Oc2ccc(O)c(OC)c2-c2ccc3c(c21)C(C)=CC(C)(C)N3. The van der Waals surface area contributed by atoms with E-state index in [9.17, 15) is 5.11 Å². The molecule has 4 heteroatoms. The van der Waals surface area contributed by atoms with Crippen LogP contribution >= 0.6 is 0 Å². The van der Waals surface area contributed by atoms with Gasteiger partial charge in [0.25, 0.3) is 0 Å². The molecule has 27 heavy (non-hydrogen) atoms. The van der Waals surface area contributed by atoms with E-state index in [4.69, 9.17) is 9.47 Å². The zero-order valence-corrected chi connectivity index (χ0v) is 16.2. The average molecular weight is 361 g/mol. The van der Waals surface area contributed by atoms with Crippen LogP contribution in [0.15, 0.2) is 30.3 Å². The second-order valence-corrected chi connectivity index (χ2v) is 7.51. The van der Waals surface area contributed by atoms with E-state index in [0.29, 0.717) is 11.5 Å². The molecule has 0 fully saturated rings. The topological polar surface area (TPSA) is 50.7 Å². The van der Waals surface area contributed by atoms with Crippen LogP contribution in [0.25, 0.3) is 16.7 Å². The molecule has 138 valence electrons. The average Bonchev–Trinajstić information content (AvgIpc) is 2.60. The maximum Gasteiger partial charge on any atom is 0.185 e. The Bertz CT molecular complexity index is 1040. The van der Waals surface area contributed by atoms with Crippen molar-refractivity contribution in [3.8, 4) is 40.2 Å². The van der Waals surface area contributed by atoms with Gasteiger partial charge in [0.2, 0.25) is 0 Å². The van der Waals surface area contributed by atoms with E-state index in [1.807, 2.05) is 6.92 Å². The van der Waals surface area contributed by atoms with Crippen molar-refractivity contribution in [3.63, 3.8) is 0 Å². The summed E-state index contributed by atoms with van der Waals surface area (Å²) >= 11 is 0. The minimum absolute atomic E-state index is 0.0927. The maximum atomic E-state index is 10.3. The van der Waals surface area contributed by atoms with Crippen molar-refractivity contribution in [3.05, 3.63) is 41.5 Å². The fraction of sp³-hybridized carbons (Fsp3) is 0.304. The number of aromatic hydroxyl groups is 1. The third-order valence-corrected chi connectivity index (χ3v) is 5.03. The molecule has 2 aliphatic heterocycles. The predicted molar refractivity (Wildman–Crippen MR) is 108 cm³/mol. The Morgan fingerprint density at radius 1 is 1.19 bits per heavy atom. The first kappa shape index (κ1) is 17.4. The smallest absolute Gasteiger partial charge is 0.185 e. The van der Waals surface area contributed by atoms with Gasteiger partial charge in [-0.3, -0.25) is 0 Å². The van der Waals surface area contributed by atoms with E-state index >= 15 is 0 Å². The number of nitrogens with one attached hydrogen (secondary N) is 1. The molecule has 0 saturated heterocycles. The van der Waals surface area contributed by atoms with E-state index < -0.39 is 0 Å². The van der Waals surface area contributed by atoms with Crippen LogP contribution in [0, 0.1) is 11.8 Å². The molecule has 0 amide bonds. The van der Waals surface area contributed by atoms with Gasteiger partial charge in [0, 0.05) is 16.8 Å². The van der Waals surface area contributed by atoms with E-state index in [-0.39, 0.29) is 17.4 Å². The Morgan fingerprint density at radius 2 is 1.96 bits per heavy atom. The molecule has 2 aromatic carbocycles. The highest BCUT2D eigenvalue weighted by Gasteiger charge is 2.34. The fourth-order valence-corrected chi connectivity index (χ4v) is 4.17. The Balaban J connectivity index is 2.07. The highest BCUT2D eigenvalue weighted by Crippen LogP contribution is 2.53. The molecule has 0 aromatic heterocycles. The van der Waals surface area contributed by atoms with Crippen LogP contribution in [-0.4, -0.2) is 17.8 Å². The van der Waals surface area contributed by atoms with Crippen molar-refractivity contribution in [1.82, 2.24) is 0 Å². The van der Waals surface area contributed by atoms with Crippen LogP contribution in [0.3, 0.4) is 0 Å². The van der Waals surface area contributed by atoms with Crippen molar-refractivity contribution in [2.45, 2.75) is 39.3 Å². The number of hydrogen-bond acceptors (Lipinski definition) is 4. The number of phenols is 1. The van der Waals surface area contributed by atoms with Gasteiger partial charge in [-0.05, 0) is 57.0 Å². The molecule has 4 rings (SSSR count). The second kappa shape index (κ2) is 5.99. The highest BCUT2D eigenvalue weighted by atomic mass is 16.5. The highest BCUT2D eigenvalue weighted by molar-refractivity contribution is 5.92. The lowest BCUT2D eigenvalue weighted by atomic mass is 9.82. The largest absolute Gasteiger partial charge is 0.504 e. The number of allylic oxidation sites excluding steroid dienone is 1. The predicted octanol–water partition coefficient (Wildman–Crippen LogP) is 5.13. The summed E-state index contributed by atoms with van der Waals surface area (Å²) in [5.74, 6) is 7.36. The maximum absolute atomic E-state index is 10.3. The third-order valence-electron chi connectivity index (χ3n) is 5.03. The van der Waals surface area contributed by atoms with Gasteiger partial charge < -0.3 is 19.9 Å². The summed E-state index contributed by atoms with van der Waals surface area (Å²) in [7, 11) is 1.56. The van der Waals surface area contributed by atoms with E-state index in [2.05, 4.69) is 56.1 Å². The first-order chi connectivity index (χ1) is 12.9. The molecule has 0 aliphatic carbocycles. The summed E-state index contributed by atoms with van der Waals surface area (Å²) in [4.78, 5) is 0. The second-order valence-electron chi connectivity index (χ2n) is 7.51. The summed E-state index contributed by atoms with van der Waals surface area (Å²) in [6.07, 6.45) is 1.84. The minimum atomic E-state index is -0.381. The van der Waals surface area contributed by atoms with E-state index in [0.717, 1.165) is 27.9 Å². The summed E-state index contributed by atoms with van der Waals surface area (Å²) in [5, 5.41) is 13.9. The fourth-order valence-electron chi connectivity index (χ4n) is 4.17. The molecule has 1 atom stereocenters. The van der Waals surface area contributed by atoms with Crippen LogP contribution in [0.5, 0.6) is 17.2 Å². The van der Waals surface area contributed by atoms with Gasteiger partial charge in [0.1, 0.15) is 5.75 Å². The van der Waals surface area contributed by atoms with Crippen LogP contribution in [0.4, 0.5) is 5.69 Å². The lowest BCUT2D eigenvalue weighted by Gasteiger charge is -2.36. The quantitative estimate of drug-likeness (QED) is 0.691. The lowest BCUT2D eigenvalue weighted by molar-refractivity contribution is 0.258. The number of fused-ring (bicyclic) bond motifs is 5. The molecule has 0 radical (unpaired) electrons. The number of methoxy groups -OCH3 is 1. The van der Waals surface area contributed by atoms with Gasteiger partial charge in [0.05, 0.1) is 18.2 Å². The monoisotopic (exact) mass is 361 g/mol. The first-order valence-electron chi connectivity index (χ1n) is 9.00. The van der Waals surface area contributed by atoms with Crippen LogP contribution in [-0.2, 0) is 0 Å². The summed E-state index contributed by atoms with van der Waals surface area (Å²) in [6, 6.07) is 7.50. The van der Waals surface area contributed by atoms with E-state index in [1.54, 1.807) is 19.2 Å². The minimum Gasteiger partial charge on any atom is -0.504 e. The number of anilines is 1. The van der Waals surface area contributed by atoms with E-state index in [1.165, 1.54) is 5.57 Å². The Hall–Kier alpha value is -3.06. The number of benzene rings is 2. The number of phenolic OH excluding ortho intramolecular Hbond substituents is 1. The molecule has 0 spiro atoms. The Labute approximate surface area is 159 Å². The standard InChI is InChI=1S/C23H23NO3/c1-6-7-17-20-14(21-18(27-17)11-10-16(25)22(21)26-5)8-9-15-19(20)13(2)12-23(3,4)24-15/h8-12,17,24-25H,1-5H3. The Kier molecular flexibility index (Phi) is 3.85. The molecule has 1 unspecified atom stereocenters. The van der Waals surface area contributed by atoms with Crippen molar-refractivity contribution in [2.75, 3.05) is 12.4 Å². The molecule has 4 nitrogen and oxygen atoms in total. The number of ether oxygens (including phenoxy) is 2. The number of rotatable bonds is 1. The normalized spacial score (nSPS) is 18.4. The summed E-state index contributed by atoms with van der Waals surface area (Å²) in [6.45, 7) is 8.23. The molecule has 2 aliphatic rings. The number of hydrogen-bond donors (Lipinski definition) is 2. The first-order valence-corrected chi connectivity index (χ1v) is 9.00. The molecular weight excluding hydrogens is 338 g/mol. The molecule has 2 heterocycles. The van der Waals surface area contributed by atoms with Crippen LogP contribution in [0.2, 0.25) is 0 Å². The van der Waals surface area contributed by atoms with Crippen LogP contribution < -0.4 is 14.8 Å². The van der Waals surface area contributed by atoms with Crippen molar-refractivity contribution < 1.29 is 14.6 Å². The summed E-state index contributed by atoms with van der Waals surface area (Å²) in [5.41, 5.74) is 5.98. The van der Waals surface area contributed by atoms with Gasteiger partial charge in [0.15, 0.2) is 17.6 Å². The summed E-state index contributed by atoms with van der Waals surface area (Å²) < 4.78 is 11.7. The van der Waals surface area contributed by atoms with Gasteiger partial charge >= 0.3 is 0 Å². The van der Waals surface area contributed by atoms with Crippen molar-refractivity contribution >= 4 is 11.3 Å². The zero-order valence-electron chi connectivity index (χ0n) is 16.2. The molecule has 0 bridgehead atoms. The van der Waals surface area contributed by atoms with Gasteiger partial charge in [-0.25, -0.2) is 0 Å². The van der Waals surface area contributed by atoms with Gasteiger partial charge in [-0.2, -0.15) is 0 Å². The lowest BCUT2D eigenvalue weighted by Crippen LogP contribution is -2.32. The molecule has 2 N–H and O–H groups in total. The van der Waals surface area contributed by atoms with Gasteiger partial charge in [-0.15, -0.1) is 5.92 Å². The zero-order chi connectivity index (χ0) is 19.3.